The van der Waals surface area contributed by atoms with Gasteiger partial charge < -0.3 is 11.1 Å². The predicted octanol–water partition coefficient (Wildman–Crippen LogP) is 3.22. The van der Waals surface area contributed by atoms with Crippen LogP contribution in [0.15, 0.2) is 42.9 Å². The van der Waals surface area contributed by atoms with Crippen LogP contribution in [0.2, 0.25) is 0 Å². The van der Waals surface area contributed by atoms with Gasteiger partial charge in [0.15, 0.2) is 5.82 Å². The molecular formula is C18H18FN5O. The van der Waals surface area contributed by atoms with Crippen molar-refractivity contribution < 1.29 is 9.18 Å². The molecule has 1 atom stereocenters. The Kier molecular flexibility index (Phi) is 4.83. The van der Waals surface area contributed by atoms with Gasteiger partial charge in [-0.15, -0.1) is 0 Å². The number of hydrogen-bond acceptors (Lipinski definition) is 5. The maximum atomic E-state index is 13.6. The summed E-state index contributed by atoms with van der Waals surface area (Å²) < 4.78 is 13.6. The first-order valence-corrected chi connectivity index (χ1v) is 8.01. The Morgan fingerprint density at radius 3 is 2.80 bits per heavy atom. The number of benzene rings is 1. The first kappa shape index (κ1) is 16.8. The molecule has 3 aromatic rings. The third-order valence-corrected chi connectivity index (χ3v) is 3.93. The van der Waals surface area contributed by atoms with Crippen molar-refractivity contribution in [3.05, 3.63) is 59.8 Å². The number of halogens is 1. The lowest BCUT2D eigenvalue weighted by Gasteiger charge is -2.20. The molecule has 0 bridgehead atoms. The van der Waals surface area contributed by atoms with Crippen LogP contribution in [-0.2, 0) is 0 Å². The number of anilines is 1. The molecule has 0 radical (unpaired) electrons. The average Bonchev–Trinajstić information content (AvgIpc) is 2.61. The van der Waals surface area contributed by atoms with Crippen LogP contribution in [0.25, 0.3) is 11.0 Å². The summed E-state index contributed by atoms with van der Waals surface area (Å²) in [6.45, 7) is 2.05. The third kappa shape index (κ3) is 3.55. The van der Waals surface area contributed by atoms with Gasteiger partial charge in [0.25, 0.3) is 5.91 Å². The molecule has 0 aliphatic heterocycles. The van der Waals surface area contributed by atoms with E-state index < -0.39 is 5.91 Å². The second kappa shape index (κ2) is 7.21. The standard InChI is InChI=1S/C18H18FN5O/c1-2-4-14(11-5-3-6-12(19)9-11)24-18-16-15(22-10-23-18)13(17(20)25)7-8-21-16/h3,5-10,14H,2,4H2,1H3,(H2,20,25)(H,22,23,24)/t14-/m1/s1. The van der Waals surface area contributed by atoms with Crippen LogP contribution in [0.3, 0.4) is 0 Å². The predicted molar refractivity (Wildman–Crippen MR) is 93.5 cm³/mol. The van der Waals surface area contributed by atoms with Gasteiger partial charge in [-0.25, -0.2) is 14.4 Å². The number of rotatable bonds is 6. The second-order valence-corrected chi connectivity index (χ2v) is 5.68. The van der Waals surface area contributed by atoms with Crippen molar-refractivity contribution in [2.75, 3.05) is 5.32 Å². The van der Waals surface area contributed by atoms with Gasteiger partial charge in [-0.1, -0.05) is 25.5 Å². The van der Waals surface area contributed by atoms with Gasteiger partial charge in [0, 0.05) is 6.20 Å². The molecule has 3 rings (SSSR count). The van der Waals surface area contributed by atoms with Gasteiger partial charge in [-0.2, -0.15) is 0 Å². The number of nitrogens with two attached hydrogens (primary N) is 1. The monoisotopic (exact) mass is 339 g/mol. The van der Waals surface area contributed by atoms with Gasteiger partial charge in [-0.05, 0) is 30.2 Å². The fraction of sp³-hybridized carbons (Fsp3) is 0.222. The number of hydrogen-bond donors (Lipinski definition) is 2. The minimum Gasteiger partial charge on any atom is -0.366 e. The zero-order valence-electron chi connectivity index (χ0n) is 13.7. The largest absolute Gasteiger partial charge is 0.366 e. The minimum atomic E-state index is -0.577. The van der Waals surface area contributed by atoms with Crippen LogP contribution >= 0.6 is 0 Å². The number of primary amides is 1. The lowest BCUT2D eigenvalue weighted by Crippen LogP contribution is -2.15. The van der Waals surface area contributed by atoms with Crippen molar-refractivity contribution >= 4 is 22.8 Å². The third-order valence-electron chi connectivity index (χ3n) is 3.93. The van der Waals surface area contributed by atoms with Crippen LogP contribution in [0.4, 0.5) is 10.2 Å². The number of fused-ring (bicyclic) bond motifs is 1. The number of nitrogens with zero attached hydrogens (tertiary/aromatic N) is 3. The van der Waals surface area contributed by atoms with E-state index in [0.717, 1.165) is 18.4 Å². The molecule has 25 heavy (non-hydrogen) atoms. The molecule has 0 saturated heterocycles. The highest BCUT2D eigenvalue weighted by Gasteiger charge is 2.17. The Bertz CT molecular complexity index is 915. The highest BCUT2D eigenvalue weighted by molar-refractivity contribution is 6.05. The van der Waals surface area contributed by atoms with Gasteiger partial charge in [0.05, 0.1) is 11.6 Å². The normalized spacial score (nSPS) is 12.1. The minimum absolute atomic E-state index is 0.141. The number of nitrogens with one attached hydrogen (secondary N) is 1. The summed E-state index contributed by atoms with van der Waals surface area (Å²) >= 11 is 0. The van der Waals surface area contributed by atoms with Crippen LogP contribution in [0, 0.1) is 5.82 Å². The van der Waals surface area contributed by atoms with Gasteiger partial charge in [0.2, 0.25) is 0 Å². The molecule has 6 nitrogen and oxygen atoms in total. The van der Waals surface area contributed by atoms with E-state index in [1.54, 1.807) is 6.07 Å². The summed E-state index contributed by atoms with van der Waals surface area (Å²) in [4.78, 5) is 24.2. The molecule has 0 fully saturated rings. The van der Waals surface area contributed by atoms with Crippen LogP contribution in [0.1, 0.15) is 41.7 Å². The van der Waals surface area contributed by atoms with Crippen molar-refractivity contribution in [1.29, 1.82) is 0 Å². The van der Waals surface area contributed by atoms with Gasteiger partial charge >= 0.3 is 0 Å². The van der Waals surface area contributed by atoms with E-state index in [1.807, 2.05) is 6.07 Å². The summed E-state index contributed by atoms with van der Waals surface area (Å²) in [5, 5.41) is 3.30. The Morgan fingerprint density at radius 1 is 1.24 bits per heavy atom. The lowest BCUT2D eigenvalue weighted by atomic mass is 10.0. The van der Waals surface area contributed by atoms with Crippen molar-refractivity contribution in [2.45, 2.75) is 25.8 Å². The van der Waals surface area contributed by atoms with Crippen molar-refractivity contribution in [3.8, 4) is 0 Å². The molecule has 128 valence electrons. The fourth-order valence-electron chi connectivity index (χ4n) is 2.77. The molecule has 0 saturated carbocycles. The summed E-state index contributed by atoms with van der Waals surface area (Å²) in [5.74, 6) is -0.384. The first-order chi connectivity index (χ1) is 12.1. The molecular weight excluding hydrogens is 321 g/mol. The van der Waals surface area contributed by atoms with Crippen molar-refractivity contribution in [1.82, 2.24) is 15.0 Å². The summed E-state index contributed by atoms with van der Waals surface area (Å²) in [5.41, 5.74) is 7.35. The van der Waals surface area contributed by atoms with Crippen LogP contribution in [-0.4, -0.2) is 20.9 Å². The average molecular weight is 339 g/mol. The van der Waals surface area contributed by atoms with E-state index in [9.17, 15) is 9.18 Å². The van der Waals surface area contributed by atoms with Crippen molar-refractivity contribution in [3.63, 3.8) is 0 Å². The summed E-state index contributed by atoms with van der Waals surface area (Å²) in [7, 11) is 0. The van der Waals surface area contributed by atoms with E-state index in [2.05, 4.69) is 27.2 Å². The molecule has 2 heterocycles. The number of amides is 1. The SMILES string of the molecule is CCC[C@@H](Nc1ncnc2c(C(N)=O)ccnc12)c1cccc(F)c1. The number of carbonyl (C=O) groups excluding carboxylic acids is 1. The molecule has 0 unspecified atom stereocenters. The zero-order valence-corrected chi connectivity index (χ0v) is 13.7. The topological polar surface area (TPSA) is 93.8 Å². The Morgan fingerprint density at radius 2 is 2.08 bits per heavy atom. The molecule has 1 aromatic carbocycles. The molecule has 0 aliphatic carbocycles. The molecule has 0 spiro atoms. The Labute approximate surface area is 144 Å². The van der Waals surface area contributed by atoms with E-state index in [0.29, 0.717) is 16.9 Å². The van der Waals surface area contributed by atoms with Gasteiger partial charge in [0.1, 0.15) is 23.2 Å². The second-order valence-electron chi connectivity index (χ2n) is 5.68. The first-order valence-electron chi connectivity index (χ1n) is 8.01. The Hall–Kier alpha value is -3.09. The van der Waals surface area contributed by atoms with E-state index >= 15 is 0 Å². The Balaban J connectivity index is 2.03. The van der Waals surface area contributed by atoms with Gasteiger partial charge in [-0.3, -0.25) is 9.78 Å². The smallest absolute Gasteiger partial charge is 0.251 e. The number of pyridine rings is 1. The molecule has 2 aromatic heterocycles. The molecule has 1 amide bonds. The molecule has 3 N–H and O–H groups in total. The van der Waals surface area contributed by atoms with Crippen LogP contribution in [0.5, 0.6) is 0 Å². The fourth-order valence-corrected chi connectivity index (χ4v) is 2.77. The summed E-state index contributed by atoms with van der Waals surface area (Å²) in [6, 6.07) is 7.83. The van der Waals surface area contributed by atoms with Crippen LogP contribution < -0.4 is 11.1 Å². The maximum absolute atomic E-state index is 13.6. The van der Waals surface area contributed by atoms with E-state index in [1.165, 1.54) is 30.7 Å². The quantitative estimate of drug-likeness (QED) is 0.719. The van der Waals surface area contributed by atoms with E-state index in [4.69, 9.17) is 5.73 Å². The molecule has 7 heteroatoms. The number of aromatic nitrogens is 3. The van der Waals surface area contributed by atoms with E-state index in [-0.39, 0.29) is 17.4 Å². The maximum Gasteiger partial charge on any atom is 0.251 e. The molecule has 0 aliphatic rings. The zero-order chi connectivity index (χ0) is 17.8. The summed E-state index contributed by atoms with van der Waals surface area (Å²) in [6.07, 6.45) is 4.53. The highest BCUT2D eigenvalue weighted by Crippen LogP contribution is 2.27. The highest BCUT2D eigenvalue weighted by atomic mass is 19.1. The number of carbonyl (C=O) groups is 1. The van der Waals surface area contributed by atoms with Crippen molar-refractivity contribution in [2.24, 2.45) is 5.73 Å². The lowest BCUT2D eigenvalue weighted by molar-refractivity contribution is 0.100.